The summed E-state index contributed by atoms with van der Waals surface area (Å²) in [5.74, 6) is 0. The van der Waals surface area contributed by atoms with Gasteiger partial charge in [0.2, 0.25) is 0 Å². The molecule has 2 rings (SSSR count). The van der Waals surface area contributed by atoms with Crippen LogP contribution in [0.2, 0.25) is 5.02 Å². The number of fused-ring (bicyclic) bond motifs is 1. The molecular formula is C10H8ClIN2. The Hall–Kier alpha value is -0.550. The number of rotatable bonds is 0. The summed E-state index contributed by atoms with van der Waals surface area (Å²) >= 11 is 8.24. The molecule has 1 aromatic carbocycles. The van der Waals surface area contributed by atoms with Crippen molar-refractivity contribution < 1.29 is 0 Å². The maximum Gasteiger partial charge on any atom is 0.0767 e. The van der Waals surface area contributed by atoms with Crippen LogP contribution in [0.15, 0.2) is 18.3 Å². The smallest absolute Gasteiger partial charge is 0.0767 e. The maximum absolute atomic E-state index is 6.08. The predicted octanol–water partition coefficient (Wildman–Crippen LogP) is 3.38. The molecule has 0 fully saturated rings. The van der Waals surface area contributed by atoms with Crippen LogP contribution >= 0.6 is 34.2 Å². The highest BCUT2D eigenvalue weighted by Crippen LogP contribution is 2.31. The van der Waals surface area contributed by atoms with Crippen LogP contribution in [0.25, 0.3) is 10.9 Å². The Bertz CT molecular complexity index is 511. The molecule has 0 atom stereocenters. The Kier molecular flexibility index (Phi) is 2.53. The molecule has 14 heavy (non-hydrogen) atoms. The SMILES string of the molecule is Cc1ccc(Cl)c2c(N)c(I)cnc12. The van der Waals surface area contributed by atoms with Crippen molar-refractivity contribution in [3.63, 3.8) is 0 Å². The van der Waals surface area contributed by atoms with Crippen molar-refractivity contribution in [1.29, 1.82) is 0 Å². The van der Waals surface area contributed by atoms with Crippen molar-refractivity contribution >= 4 is 50.8 Å². The zero-order valence-electron chi connectivity index (χ0n) is 7.51. The molecule has 0 aliphatic heterocycles. The third-order valence-corrected chi connectivity index (χ3v) is 3.34. The molecule has 2 N–H and O–H groups in total. The molecule has 0 unspecified atom stereocenters. The summed E-state index contributed by atoms with van der Waals surface area (Å²) in [6.45, 7) is 2.00. The van der Waals surface area contributed by atoms with Gasteiger partial charge in [0.15, 0.2) is 0 Å². The highest BCUT2D eigenvalue weighted by atomic mass is 127. The van der Waals surface area contributed by atoms with E-state index >= 15 is 0 Å². The van der Waals surface area contributed by atoms with Gasteiger partial charge in [-0.2, -0.15) is 0 Å². The molecule has 0 bridgehead atoms. The van der Waals surface area contributed by atoms with Crippen molar-refractivity contribution in [2.75, 3.05) is 5.73 Å². The van der Waals surface area contributed by atoms with Crippen LogP contribution in [0.5, 0.6) is 0 Å². The molecular weight excluding hydrogens is 310 g/mol. The number of halogens is 2. The largest absolute Gasteiger partial charge is 0.397 e. The van der Waals surface area contributed by atoms with Gasteiger partial charge >= 0.3 is 0 Å². The molecule has 0 aliphatic rings. The second kappa shape index (κ2) is 3.55. The third kappa shape index (κ3) is 1.44. The van der Waals surface area contributed by atoms with E-state index < -0.39 is 0 Å². The first-order chi connectivity index (χ1) is 6.61. The number of benzene rings is 1. The number of hydrogen-bond acceptors (Lipinski definition) is 2. The van der Waals surface area contributed by atoms with Crippen LogP contribution in [-0.2, 0) is 0 Å². The summed E-state index contributed by atoms with van der Waals surface area (Å²) in [4.78, 5) is 4.33. The molecule has 2 nitrogen and oxygen atoms in total. The Balaban J connectivity index is 3.01. The monoisotopic (exact) mass is 318 g/mol. The fourth-order valence-corrected chi connectivity index (χ4v) is 2.07. The molecule has 0 saturated carbocycles. The molecule has 0 amide bonds. The lowest BCUT2D eigenvalue weighted by Gasteiger charge is -2.07. The van der Waals surface area contributed by atoms with Gasteiger partial charge < -0.3 is 5.73 Å². The van der Waals surface area contributed by atoms with E-state index in [0.29, 0.717) is 10.7 Å². The lowest BCUT2D eigenvalue weighted by atomic mass is 10.1. The van der Waals surface area contributed by atoms with E-state index in [4.69, 9.17) is 17.3 Å². The van der Waals surface area contributed by atoms with Crippen LogP contribution in [0, 0.1) is 10.5 Å². The summed E-state index contributed by atoms with van der Waals surface area (Å²) in [5, 5.41) is 1.52. The van der Waals surface area contributed by atoms with Crippen molar-refractivity contribution in [2.45, 2.75) is 6.92 Å². The second-order valence-corrected chi connectivity index (χ2v) is 4.68. The van der Waals surface area contributed by atoms with Gasteiger partial charge in [-0.25, -0.2) is 0 Å². The van der Waals surface area contributed by atoms with Gasteiger partial charge in [0.05, 0.1) is 19.8 Å². The van der Waals surface area contributed by atoms with Gasteiger partial charge in [-0.3, -0.25) is 4.98 Å². The zero-order valence-corrected chi connectivity index (χ0v) is 10.4. The zero-order chi connectivity index (χ0) is 10.3. The van der Waals surface area contributed by atoms with Crippen molar-refractivity contribution in [1.82, 2.24) is 4.98 Å². The Morgan fingerprint density at radius 3 is 2.86 bits per heavy atom. The topological polar surface area (TPSA) is 38.9 Å². The van der Waals surface area contributed by atoms with E-state index in [1.54, 1.807) is 6.20 Å². The quantitative estimate of drug-likeness (QED) is 0.756. The first-order valence-electron chi connectivity index (χ1n) is 4.10. The molecule has 0 radical (unpaired) electrons. The normalized spacial score (nSPS) is 10.8. The number of nitrogens with zero attached hydrogens (tertiary/aromatic N) is 1. The summed E-state index contributed by atoms with van der Waals surface area (Å²) in [6.07, 6.45) is 1.77. The summed E-state index contributed by atoms with van der Waals surface area (Å²) in [6, 6.07) is 3.80. The van der Waals surface area contributed by atoms with Crippen LogP contribution in [0.4, 0.5) is 5.69 Å². The molecule has 4 heteroatoms. The lowest BCUT2D eigenvalue weighted by Crippen LogP contribution is -1.95. The van der Waals surface area contributed by atoms with Gasteiger partial charge in [0.25, 0.3) is 0 Å². The molecule has 72 valence electrons. The highest BCUT2D eigenvalue weighted by molar-refractivity contribution is 14.1. The summed E-state index contributed by atoms with van der Waals surface area (Å²) in [7, 11) is 0. The average molecular weight is 319 g/mol. The average Bonchev–Trinajstić information content (AvgIpc) is 2.16. The number of nitrogen functional groups attached to an aromatic ring is 1. The van der Waals surface area contributed by atoms with Gasteiger partial charge in [0, 0.05) is 11.6 Å². The molecule has 2 aromatic rings. The van der Waals surface area contributed by atoms with E-state index in [0.717, 1.165) is 20.0 Å². The fraction of sp³-hybridized carbons (Fsp3) is 0.100. The standard InChI is InChI=1S/C10H8ClIN2/c1-5-2-3-6(11)8-9(13)7(12)4-14-10(5)8/h2-4H,1H3,(H2,13,14). The molecule has 0 aliphatic carbocycles. The van der Waals surface area contributed by atoms with Crippen LogP contribution in [0.3, 0.4) is 0 Å². The van der Waals surface area contributed by atoms with E-state index in [1.807, 2.05) is 19.1 Å². The van der Waals surface area contributed by atoms with Crippen LogP contribution < -0.4 is 5.73 Å². The minimum atomic E-state index is 0.661. The van der Waals surface area contributed by atoms with Gasteiger partial charge in [-0.15, -0.1) is 0 Å². The second-order valence-electron chi connectivity index (χ2n) is 3.11. The third-order valence-electron chi connectivity index (χ3n) is 2.16. The lowest BCUT2D eigenvalue weighted by molar-refractivity contribution is 1.35. The molecule has 0 spiro atoms. The number of nitrogens with two attached hydrogens (primary N) is 1. The summed E-state index contributed by atoms with van der Waals surface area (Å²) < 4.78 is 0.933. The molecule has 1 heterocycles. The molecule has 1 aromatic heterocycles. The Morgan fingerprint density at radius 2 is 2.14 bits per heavy atom. The highest BCUT2D eigenvalue weighted by Gasteiger charge is 2.08. The van der Waals surface area contributed by atoms with Gasteiger partial charge in [0.1, 0.15) is 0 Å². The van der Waals surface area contributed by atoms with E-state index in [9.17, 15) is 0 Å². The van der Waals surface area contributed by atoms with Gasteiger partial charge in [-0.05, 0) is 41.1 Å². The molecule has 0 saturated heterocycles. The Labute approximate surface area is 101 Å². The number of aromatic nitrogens is 1. The number of aryl methyl sites for hydroxylation is 1. The van der Waals surface area contributed by atoms with Gasteiger partial charge in [-0.1, -0.05) is 17.7 Å². The van der Waals surface area contributed by atoms with Crippen molar-refractivity contribution in [2.24, 2.45) is 0 Å². The van der Waals surface area contributed by atoms with E-state index in [-0.39, 0.29) is 0 Å². The van der Waals surface area contributed by atoms with Crippen LogP contribution in [-0.4, -0.2) is 4.98 Å². The van der Waals surface area contributed by atoms with E-state index in [1.165, 1.54) is 0 Å². The number of hydrogen-bond donors (Lipinski definition) is 1. The predicted molar refractivity (Wildman–Crippen MR) is 68.6 cm³/mol. The van der Waals surface area contributed by atoms with Crippen molar-refractivity contribution in [3.8, 4) is 0 Å². The minimum Gasteiger partial charge on any atom is -0.397 e. The number of pyridine rings is 1. The van der Waals surface area contributed by atoms with Crippen molar-refractivity contribution in [3.05, 3.63) is 32.5 Å². The Morgan fingerprint density at radius 1 is 1.43 bits per heavy atom. The number of anilines is 1. The first-order valence-corrected chi connectivity index (χ1v) is 5.55. The van der Waals surface area contributed by atoms with E-state index in [2.05, 4.69) is 27.6 Å². The summed E-state index contributed by atoms with van der Waals surface area (Å²) in [5.41, 5.74) is 8.64. The van der Waals surface area contributed by atoms with Crippen LogP contribution in [0.1, 0.15) is 5.56 Å². The fourth-order valence-electron chi connectivity index (χ4n) is 1.40. The minimum absolute atomic E-state index is 0.661. The maximum atomic E-state index is 6.08. The first kappa shape index (κ1) is 9.98.